The van der Waals surface area contributed by atoms with E-state index in [2.05, 4.69) is 20.4 Å². The molecule has 1 aromatic carbocycles. The Labute approximate surface area is 163 Å². The van der Waals surface area contributed by atoms with E-state index >= 15 is 0 Å². The summed E-state index contributed by atoms with van der Waals surface area (Å²) < 4.78 is 46.0. The highest BCUT2D eigenvalue weighted by Crippen LogP contribution is 2.37. The third kappa shape index (κ3) is 5.26. The molecular formula is C20H27F3N4O. The fraction of sp³-hybridized carbons (Fsp3) is 0.550. The van der Waals surface area contributed by atoms with E-state index in [4.69, 9.17) is 4.74 Å². The lowest BCUT2D eigenvalue weighted by Gasteiger charge is -2.25. The molecular weight excluding hydrogens is 369 g/mol. The topological polar surface area (TPSA) is 53.2 Å². The van der Waals surface area contributed by atoms with E-state index < -0.39 is 11.7 Å². The molecule has 0 amide bonds. The van der Waals surface area contributed by atoms with Gasteiger partial charge in [-0.2, -0.15) is 18.3 Å². The van der Waals surface area contributed by atoms with Gasteiger partial charge in [0.25, 0.3) is 0 Å². The summed E-state index contributed by atoms with van der Waals surface area (Å²) in [6, 6.07) is 3.90. The SMILES string of the molecule is CNCCN(C)Cc1cn[nH]c1-c1cc(OCC2CCC2)cc(C(F)(F)F)c1. The number of likely N-dealkylation sites (N-methyl/N-ethyl adjacent to an activating group) is 2. The Hall–Kier alpha value is -2.06. The number of alkyl halides is 3. The zero-order valence-electron chi connectivity index (χ0n) is 16.3. The Morgan fingerprint density at radius 1 is 1.29 bits per heavy atom. The Morgan fingerprint density at radius 3 is 2.71 bits per heavy atom. The van der Waals surface area contributed by atoms with Crippen molar-refractivity contribution >= 4 is 0 Å². The summed E-state index contributed by atoms with van der Waals surface area (Å²) in [7, 11) is 3.85. The third-order valence-corrected chi connectivity index (χ3v) is 5.13. The van der Waals surface area contributed by atoms with Crippen molar-refractivity contribution < 1.29 is 17.9 Å². The van der Waals surface area contributed by atoms with Crippen LogP contribution < -0.4 is 10.1 Å². The molecule has 154 valence electrons. The van der Waals surface area contributed by atoms with E-state index in [1.54, 1.807) is 12.3 Å². The molecule has 0 radical (unpaired) electrons. The Morgan fingerprint density at radius 2 is 2.07 bits per heavy atom. The van der Waals surface area contributed by atoms with Crippen LogP contribution in [0.15, 0.2) is 24.4 Å². The Kier molecular flexibility index (Phi) is 6.61. The summed E-state index contributed by atoms with van der Waals surface area (Å²) in [5, 5.41) is 10.0. The second-order valence-electron chi connectivity index (χ2n) is 7.46. The first-order valence-electron chi connectivity index (χ1n) is 9.57. The number of H-pyrrole nitrogens is 1. The van der Waals surface area contributed by atoms with E-state index in [0.29, 0.717) is 30.3 Å². The number of nitrogens with one attached hydrogen (secondary N) is 2. The largest absolute Gasteiger partial charge is 0.493 e. The molecule has 0 aliphatic heterocycles. The molecule has 1 heterocycles. The number of hydrogen-bond donors (Lipinski definition) is 2. The van der Waals surface area contributed by atoms with Crippen LogP contribution in [0, 0.1) is 5.92 Å². The van der Waals surface area contributed by atoms with Gasteiger partial charge in [0.1, 0.15) is 5.75 Å². The standard InChI is InChI=1S/C20H27F3N4O/c1-24-6-7-27(2)12-16-11-25-26-19(16)15-8-17(20(21,22)23)10-18(9-15)28-13-14-4-3-5-14/h8-11,14,24H,3-7,12-13H2,1-2H3,(H,25,26). The van der Waals surface area contributed by atoms with Gasteiger partial charge in [0.15, 0.2) is 0 Å². The average molecular weight is 396 g/mol. The van der Waals surface area contributed by atoms with Crippen molar-refractivity contribution in [2.24, 2.45) is 5.92 Å². The maximum absolute atomic E-state index is 13.4. The van der Waals surface area contributed by atoms with Gasteiger partial charge < -0.3 is 15.0 Å². The minimum absolute atomic E-state index is 0.251. The van der Waals surface area contributed by atoms with Gasteiger partial charge in [-0.3, -0.25) is 5.10 Å². The fourth-order valence-corrected chi connectivity index (χ4v) is 3.22. The molecule has 1 aliphatic carbocycles. The van der Waals surface area contributed by atoms with Gasteiger partial charge in [0, 0.05) is 30.8 Å². The van der Waals surface area contributed by atoms with Gasteiger partial charge in [0.05, 0.1) is 24.1 Å². The number of aromatic nitrogens is 2. The summed E-state index contributed by atoms with van der Waals surface area (Å²) >= 11 is 0. The van der Waals surface area contributed by atoms with Crippen LogP contribution >= 0.6 is 0 Å². The lowest BCUT2D eigenvalue weighted by molar-refractivity contribution is -0.137. The van der Waals surface area contributed by atoms with Gasteiger partial charge in [-0.25, -0.2) is 0 Å². The van der Waals surface area contributed by atoms with Crippen LogP contribution in [-0.4, -0.2) is 48.9 Å². The first-order valence-corrected chi connectivity index (χ1v) is 9.57. The highest BCUT2D eigenvalue weighted by atomic mass is 19.4. The highest BCUT2D eigenvalue weighted by molar-refractivity contribution is 5.66. The maximum Gasteiger partial charge on any atom is 0.416 e. The minimum atomic E-state index is -4.44. The van der Waals surface area contributed by atoms with Gasteiger partial charge in [-0.15, -0.1) is 0 Å². The van der Waals surface area contributed by atoms with Gasteiger partial charge in [-0.1, -0.05) is 6.42 Å². The lowest BCUT2D eigenvalue weighted by Crippen LogP contribution is -2.27. The molecule has 3 rings (SSSR count). The quantitative estimate of drug-likeness (QED) is 0.675. The molecule has 2 N–H and O–H groups in total. The fourth-order valence-electron chi connectivity index (χ4n) is 3.22. The van der Waals surface area contributed by atoms with E-state index in [1.807, 2.05) is 14.1 Å². The molecule has 2 aromatic rings. The molecule has 0 unspecified atom stereocenters. The van der Waals surface area contributed by atoms with Gasteiger partial charge >= 0.3 is 6.18 Å². The monoisotopic (exact) mass is 396 g/mol. The van der Waals surface area contributed by atoms with Crippen LogP contribution in [0.1, 0.15) is 30.4 Å². The second-order valence-corrected chi connectivity index (χ2v) is 7.46. The number of nitrogens with zero attached hydrogens (tertiary/aromatic N) is 2. The minimum Gasteiger partial charge on any atom is -0.493 e. The van der Waals surface area contributed by atoms with E-state index in [1.165, 1.54) is 6.42 Å². The van der Waals surface area contributed by atoms with Gasteiger partial charge in [0.2, 0.25) is 0 Å². The van der Waals surface area contributed by atoms with Crippen molar-refractivity contribution in [3.63, 3.8) is 0 Å². The summed E-state index contributed by atoms with van der Waals surface area (Å²) in [6.07, 6.45) is 0.556. The zero-order chi connectivity index (χ0) is 20.1. The lowest BCUT2D eigenvalue weighted by atomic mass is 9.86. The zero-order valence-corrected chi connectivity index (χ0v) is 16.3. The van der Waals surface area contributed by atoms with Crippen molar-refractivity contribution in [3.05, 3.63) is 35.5 Å². The normalized spacial score (nSPS) is 15.1. The molecule has 5 nitrogen and oxygen atoms in total. The number of aromatic amines is 1. The summed E-state index contributed by atoms with van der Waals surface area (Å²) in [5.74, 6) is 0.697. The number of rotatable bonds is 9. The molecule has 1 aliphatic rings. The molecule has 0 spiro atoms. The van der Waals surface area contributed by atoms with Crippen LogP contribution in [0.3, 0.4) is 0 Å². The number of halogens is 3. The number of hydrogen-bond acceptors (Lipinski definition) is 4. The molecule has 1 aromatic heterocycles. The summed E-state index contributed by atoms with van der Waals surface area (Å²) in [4.78, 5) is 2.09. The van der Waals surface area contributed by atoms with Crippen molar-refractivity contribution in [1.82, 2.24) is 20.4 Å². The van der Waals surface area contributed by atoms with Gasteiger partial charge in [-0.05, 0) is 51.1 Å². The molecule has 28 heavy (non-hydrogen) atoms. The molecule has 8 heteroatoms. The smallest absolute Gasteiger partial charge is 0.416 e. The van der Waals surface area contributed by atoms with Crippen molar-refractivity contribution in [1.29, 1.82) is 0 Å². The number of ether oxygens (including phenoxy) is 1. The second kappa shape index (κ2) is 8.96. The predicted molar refractivity (Wildman–Crippen MR) is 102 cm³/mol. The van der Waals surface area contributed by atoms with Crippen LogP contribution in [0.2, 0.25) is 0 Å². The van der Waals surface area contributed by atoms with Crippen LogP contribution in [-0.2, 0) is 12.7 Å². The molecule has 1 saturated carbocycles. The van der Waals surface area contributed by atoms with E-state index in [9.17, 15) is 13.2 Å². The van der Waals surface area contributed by atoms with Crippen molar-refractivity contribution in [2.45, 2.75) is 32.0 Å². The van der Waals surface area contributed by atoms with Crippen molar-refractivity contribution in [3.8, 4) is 17.0 Å². The first-order chi connectivity index (χ1) is 13.4. The Bertz CT molecular complexity index is 771. The molecule has 0 atom stereocenters. The van der Waals surface area contributed by atoms with Crippen LogP contribution in [0.25, 0.3) is 11.3 Å². The summed E-state index contributed by atoms with van der Waals surface area (Å²) in [5.41, 5.74) is 1.17. The van der Waals surface area contributed by atoms with Crippen LogP contribution in [0.5, 0.6) is 5.75 Å². The van der Waals surface area contributed by atoms with Crippen LogP contribution in [0.4, 0.5) is 13.2 Å². The number of benzene rings is 1. The molecule has 0 bridgehead atoms. The third-order valence-electron chi connectivity index (χ3n) is 5.13. The average Bonchev–Trinajstić information content (AvgIpc) is 3.05. The highest BCUT2D eigenvalue weighted by Gasteiger charge is 2.32. The van der Waals surface area contributed by atoms with Crippen molar-refractivity contribution in [2.75, 3.05) is 33.8 Å². The first kappa shape index (κ1) is 20.7. The Balaban J connectivity index is 1.84. The summed E-state index contributed by atoms with van der Waals surface area (Å²) in [6.45, 7) is 2.69. The molecule has 1 fully saturated rings. The maximum atomic E-state index is 13.4. The predicted octanol–water partition coefficient (Wildman–Crippen LogP) is 3.93. The van der Waals surface area contributed by atoms with E-state index in [-0.39, 0.29) is 5.75 Å². The molecule has 0 saturated heterocycles. The van der Waals surface area contributed by atoms with E-state index in [0.717, 1.165) is 43.6 Å².